The van der Waals surface area contributed by atoms with E-state index in [-0.39, 0.29) is 17.6 Å². The SMILES string of the molecule is CCCCCCC1(C/C=C/[C@H]2C=CC(=O)[C@@H]2C/C=C\CCC(O)C(=O)CO)CCC1. The predicted octanol–water partition coefficient (Wildman–Crippen LogP) is 5.09. The zero-order valence-corrected chi connectivity index (χ0v) is 18.6. The van der Waals surface area contributed by atoms with E-state index < -0.39 is 18.5 Å². The summed E-state index contributed by atoms with van der Waals surface area (Å²) in [6.45, 7) is 1.63. The number of aliphatic hydroxyl groups excluding tert-OH is 2. The van der Waals surface area contributed by atoms with E-state index in [4.69, 9.17) is 5.11 Å². The highest BCUT2D eigenvalue weighted by Gasteiger charge is 2.35. The molecule has 4 heteroatoms. The van der Waals surface area contributed by atoms with Gasteiger partial charge in [-0.3, -0.25) is 9.59 Å². The maximum atomic E-state index is 12.2. The van der Waals surface area contributed by atoms with Gasteiger partial charge in [-0.2, -0.15) is 0 Å². The monoisotopic (exact) mass is 416 g/mol. The van der Waals surface area contributed by atoms with Crippen molar-refractivity contribution >= 4 is 11.6 Å². The van der Waals surface area contributed by atoms with Crippen molar-refractivity contribution in [2.24, 2.45) is 17.3 Å². The number of hydrogen-bond acceptors (Lipinski definition) is 4. The first-order valence-corrected chi connectivity index (χ1v) is 11.9. The molecule has 0 aliphatic heterocycles. The summed E-state index contributed by atoms with van der Waals surface area (Å²) >= 11 is 0. The fourth-order valence-electron chi connectivity index (χ4n) is 4.64. The van der Waals surface area contributed by atoms with Crippen molar-refractivity contribution in [3.8, 4) is 0 Å². The fraction of sp³-hybridized carbons (Fsp3) is 0.692. The van der Waals surface area contributed by atoms with Gasteiger partial charge in [-0.15, -0.1) is 0 Å². The van der Waals surface area contributed by atoms with Gasteiger partial charge in [-0.1, -0.05) is 69.4 Å². The van der Waals surface area contributed by atoms with Crippen LogP contribution in [0.4, 0.5) is 0 Å². The van der Waals surface area contributed by atoms with Gasteiger partial charge in [0.05, 0.1) is 0 Å². The molecule has 0 aromatic heterocycles. The lowest BCUT2D eigenvalue weighted by molar-refractivity contribution is -0.130. The Kier molecular flexibility index (Phi) is 10.7. The third-order valence-corrected chi connectivity index (χ3v) is 6.89. The maximum Gasteiger partial charge on any atom is 0.186 e. The largest absolute Gasteiger partial charge is 0.388 e. The van der Waals surface area contributed by atoms with Crippen LogP contribution in [0.25, 0.3) is 0 Å². The van der Waals surface area contributed by atoms with Gasteiger partial charge in [0.2, 0.25) is 0 Å². The third-order valence-electron chi connectivity index (χ3n) is 6.89. The lowest BCUT2D eigenvalue weighted by atomic mass is 9.64. The number of carbonyl (C=O) groups excluding carboxylic acids is 2. The van der Waals surface area contributed by atoms with E-state index in [0.29, 0.717) is 24.7 Å². The van der Waals surface area contributed by atoms with Crippen LogP contribution < -0.4 is 0 Å². The highest BCUT2D eigenvalue weighted by Crippen LogP contribution is 2.48. The van der Waals surface area contributed by atoms with Crippen LogP contribution in [-0.2, 0) is 9.59 Å². The average molecular weight is 417 g/mol. The van der Waals surface area contributed by atoms with Gasteiger partial charge in [0.25, 0.3) is 0 Å². The van der Waals surface area contributed by atoms with E-state index in [0.717, 1.165) is 6.42 Å². The molecule has 3 atom stereocenters. The molecule has 0 saturated heterocycles. The van der Waals surface area contributed by atoms with Crippen LogP contribution in [0.3, 0.4) is 0 Å². The minimum Gasteiger partial charge on any atom is -0.388 e. The molecule has 0 bridgehead atoms. The van der Waals surface area contributed by atoms with Crippen molar-refractivity contribution in [1.82, 2.24) is 0 Å². The minimum absolute atomic E-state index is 0.0385. The van der Waals surface area contributed by atoms with E-state index in [1.807, 2.05) is 18.2 Å². The molecular formula is C26H40O4. The van der Waals surface area contributed by atoms with Crippen molar-refractivity contribution in [2.75, 3.05) is 6.61 Å². The molecule has 2 rings (SSSR count). The van der Waals surface area contributed by atoms with Gasteiger partial charge in [-0.25, -0.2) is 0 Å². The van der Waals surface area contributed by atoms with E-state index in [9.17, 15) is 14.7 Å². The van der Waals surface area contributed by atoms with Gasteiger partial charge in [0.1, 0.15) is 12.7 Å². The summed E-state index contributed by atoms with van der Waals surface area (Å²) in [6.07, 6.45) is 24.5. The lowest BCUT2D eigenvalue weighted by Crippen LogP contribution is -2.28. The topological polar surface area (TPSA) is 74.6 Å². The molecular weight excluding hydrogens is 376 g/mol. The molecule has 4 nitrogen and oxygen atoms in total. The second kappa shape index (κ2) is 13.0. The molecule has 168 valence electrons. The molecule has 2 aliphatic carbocycles. The molecule has 1 saturated carbocycles. The summed E-state index contributed by atoms with van der Waals surface area (Å²) < 4.78 is 0. The summed E-state index contributed by atoms with van der Waals surface area (Å²) in [5, 5.41) is 18.3. The van der Waals surface area contributed by atoms with E-state index >= 15 is 0 Å². The summed E-state index contributed by atoms with van der Waals surface area (Å²) in [6, 6.07) is 0. The standard InChI is InChI=1S/C26H40O4/c1-2-3-4-8-16-26(18-10-19-26)17-9-11-21-14-15-23(28)22(21)12-6-5-7-13-24(29)25(30)20-27/h5-6,9,11,14-15,21-22,24,27,29H,2-4,7-8,10,12-13,16-20H2,1H3/b6-5-,11-9+/t21-,22+,24?/m0/s1. The number of aliphatic hydroxyl groups is 2. The molecule has 2 N–H and O–H groups in total. The predicted molar refractivity (Wildman–Crippen MR) is 121 cm³/mol. The molecule has 1 fully saturated rings. The zero-order valence-electron chi connectivity index (χ0n) is 18.6. The minimum atomic E-state index is -1.11. The van der Waals surface area contributed by atoms with Crippen LogP contribution >= 0.6 is 0 Å². The fourth-order valence-corrected chi connectivity index (χ4v) is 4.64. The summed E-state index contributed by atoms with van der Waals surface area (Å²) in [5.41, 5.74) is 0.513. The number of ketones is 2. The Morgan fingerprint density at radius 1 is 1.23 bits per heavy atom. The van der Waals surface area contributed by atoms with Crippen LogP contribution in [0.5, 0.6) is 0 Å². The molecule has 0 amide bonds. The number of carbonyl (C=O) groups is 2. The Bertz CT molecular complexity index is 627. The normalized spacial score (nSPS) is 24.0. The van der Waals surface area contributed by atoms with Crippen molar-refractivity contribution in [1.29, 1.82) is 0 Å². The Morgan fingerprint density at radius 3 is 2.70 bits per heavy atom. The number of unbranched alkanes of at least 4 members (excludes halogenated alkanes) is 3. The van der Waals surface area contributed by atoms with E-state index in [1.165, 1.54) is 51.4 Å². The molecule has 0 radical (unpaired) electrons. The number of allylic oxidation sites excluding steroid dienone is 6. The second-order valence-electron chi connectivity index (χ2n) is 9.17. The van der Waals surface area contributed by atoms with Crippen molar-refractivity contribution in [2.45, 2.75) is 90.1 Å². The Balaban J connectivity index is 1.76. The first-order valence-electron chi connectivity index (χ1n) is 11.9. The van der Waals surface area contributed by atoms with Crippen LogP contribution in [0.1, 0.15) is 84.0 Å². The molecule has 0 heterocycles. The van der Waals surface area contributed by atoms with Gasteiger partial charge in [0.15, 0.2) is 11.6 Å². The number of Topliss-reactive ketones (excluding diaryl/α,β-unsaturated/α-hetero) is 1. The van der Waals surface area contributed by atoms with Gasteiger partial charge in [-0.05, 0) is 56.4 Å². The smallest absolute Gasteiger partial charge is 0.186 e. The molecule has 0 spiro atoms. The van der Waals surface area contributed by atoms with Crippen LogP contribution in [0.2, 0.25) is 0 Å². The quantitative estimate of drug-likeness (QED) is 0.288. The van der Waals surface area contributed by atoms with Gasteiger partial charge in [0, 0.05) is 11.8 Å². The number of rotatable bonds is 15. The van der Waals surface area contributed by atoms with Crippen molar-refractivity contribution < 1.29 is 19.8 Å². The summed E-state index contributed by atoms with van der Waals surface area (Å²) in [7, 11) is 0. The first kappa shape index (κ1) is 24.7. The van der Waals surface area contributed by atoms with Gasteiger partial charge < -0.3 is 10.2 Å². The highest BCUT2D eigenvalue weighted by molar-refractivity contribution is 5.95. The van der Waals surface area contributed by atoms with Crippen LogP contribution in [-0.4, -0.2) is 34.5 Å². The molecule has 30 heavy (non-hydrogen) atoms. The number of hydrogen-bond donors (Lipinski definition) is 2. The Labute approximate surface area is 182 Å². The first-order chi connectivity index (χ1) is 14.5. The summed E-state index contributed by atoms with van der Waals surface area (Å²) in [4.78, 5) is 23.4. The van der Waals surface area contributed by atoms with Crippen molar-refractivity contribution in [3.63, 3.8) is 0 Å². The summed E-state index contributed by atoms with van der Waals surface area (Å²) in [5.74, 6) is -0.231. The maximum absolute atomic E-state index is 12.2. The second-order valence-corrected chi connectivity index (χ2v) is 9.17. The molecule has 0 aromatic rings. The Hall–Kier alpha value is -1.52. The molecule has 1 unspecified atom stereocenters. The third kappa shape index (κ3) is 7.63. The zero-order chi connectivity index (χ0) is 21.8. The van der Waals surface area contributed by atoms with E-state index in [1.54, 1.807) is 6.08 Å². The molecule has 2 aliphatic rings. The molecule has 0 aromatic carbocycles. The van der Waals surface area contributed by atoms with Crippen LogP contribution in [0.15, 0.2) is 36.5 Å². The van der Waals surface area contributed by atoms with Crippen molar-refractivity contribution in [3.05, 3.63) is 36.5 Å². The van der Waals surface area contributed by atoms with E-state index in [2.05, 4.69) is 19.1 Å². The average Bonchev–Trinajstić information content (AvgIpc) is 3.07. The highest BCUT2D eigenvalue weighted by atomic mass is 16.3. The lowest BCUT2D eigenvalue weighted by Gasteiger charge is -2.42. The Morgan fingerprint density at radius 2 is 2.03 bits per heavy atom. The van der Waals surface area contributed by atoms with Crippen LogP contribution in [0, 0.1) is 17.3 Å². The van der Waals surface area contributed by atoms with Gasteiger partial charge >= 0.3 is 0 Å².